The lowest BCUT2D eigenvalue weighted by Crippen LogP contribution is -2.67. The summed E-state index contributed by atoms with van der Waals surface area (Å²) >= 11 is 0. The van der Waals surface area contributed by atoms with Crippen molar-refractivity contribution in [1.29, 1.82) is 0 Å². The standard InChI is InChI=1S/C22H26N2O3/c1-17-5-7-18(8-6-17)12-21(25)24-15-22(16-24)13-20(9-11-27-22)26-14-19-4-2-3-10-23-19/h2-8,10,20H,9,11-16H2,1H3. The third-order valence-corrected chi connectivity index (χ3v) is 5.43. The largest absolute Gasteiger partial charge is 0.372 e. The maximum atomic E-state index is 12.5. The third kappa shape index (κ3) is 4.37. The number of rotatable bonds is 5. The van der Waals surface area contributed by atoms with E-state index in [4.69, 9.17) is 9.47 Å². The van der Waals surface area contributed by atoms with E-state index in [1.54, 1.807) is 6.20 Å². The molecule has 5 nitrogen and oxygen atoms in total. The number of amides is 1. The van der Waals surface area contributed by atoms with Crippen LogP contribution in [0, 0.1) is 6.92 Å². The quantitative estimate of drug-likeness (QED) is 0.816. The van der Waals surface area contributed by atoms with Crippen LogP contribution in [0.4, 0.5) is 0 Å². The predicted octanol–water partition coefficient (Wildman–Crippen LogP) is 2.91. The molecule has 142 valence electrons. The predicted molar refractivity (Wildman–Crippen MR) is 102 cm³/mol. The van der Waals surface area contributed by atoms with E-state index < -0.39 is 0 Å². The first-order valence-corrected chi connectivity index (χ1v) is 9.61. The van der Waals surface area contributed by atoms with Crippen LogP contribution in [0.1, 0.15) is 29.7 Å². The van der Waals surface area contributed by atoms with Crippen LogP contribution in [0.25, 0.3) is 0 Å². The number of likely N-dealkylation sites (tertiary alicyclic amines) is 1. The summed E-state index contributed by atoms with van der Waals surface area (Å²) < 4.78 is 12.1. The monoisotopic (exact) mass is 366 g/mol. The topological polar surface area (TPSA) is 51.7 Å². The number of hydrogen-bond acceptors (Lipinski definition) is 4. The first-order valence-electron chi connectivity index (χ1n) is 9.61. The van der Waals surface area contributed by atoms with E-state index in [1.807, 2.05) is 47.4 Å². The minimum absolute atomic E-state index is 0.162. The van der Waals surface area contributed by atoms with E-state index >= 15 is 0 Å². The minimum atomic E-state index is -0.226. The number of pyridine rings is 1. The Balaban J connectivity index is 1.26. The molecule has 4 rings (SSSR count). The van der Waals surface area contributed by atoms with Crippen molar-refractivity contribution in [3.63, 3.8) is 0 Å². The van der Waals surface area contributed by atoms with E-state index in [9.17, 15) is 4.79 Å². The Morgan fingerprint density at radius 2 is 2.07 bits per heavy atom. The zero-order valence-corrected chi connectivity index (χ0v) is 15.8. The second kappa shape index (κ2) is 7.79. The molecule has 2 aliphatic heterocycles. The van der Waals surface area contributed by atoms with E-state index in [2.05, 4.69) is 11.9 Å². The Bertz CT molecular complexity index is 770. The van der Waals surface area contributed by atoms with Crippen molar-refractivity contribution in [2.45, 2.75) is 44.5 Å². The molecule has 2 saturated heterocycles. The van der Waals surface area contributed by atoms with E-state index in [0.717, 1.165) is 24.1 Å². The van der Waals surface area contributed by atoms with Gasteiger partial charge in [-0.05, 0) is 31.0 Å². The average molecular weight is 366 g/mol. The molecule has 2 aliphatic rings. The molecular weight excluding hydrogens is 340 g/mol. The molecule has 5 heteroatoms. The van der Waals surface area contributed by atoms with Crippen LogP contribution in [-0.2, 0) is 27.3 Å². The molecule has 0 N–H and O–H groups in total. The van der Waals surface area contributed by atoms with E-state index in [1.165, 1.54) is 5.56 Å². The maximum Gasteiger partial charge on any atom is 0.227 e. The molecule has 1 aromatic carbocycles. The molecule has 0 aliphatic carbocycles. The lowest BCUT2D eigenvalue weighted by molar-refractivity contribution is -0.202. The third-order valence-electron chi connectivity index (χ3n) is 5.43. The zero-order chi connectivity index (χ0) is 18.7. The van der Waals surface area contributed by atoms with Crippen LogP contribution in [0.2, 0.25) is 0 Å². The molecular formula is C22H26N2O3. The molecule has 1 atom stereocenters. The number of hydrogen-bond donors (Lipinski definition) is 0. The van der Waals surface area contributed by atoms with Crippen molar-refractivity contribution in [1.82, 2.24) is 9.88 Å². The van der Waals surface area contributed by atoms with Crippen LogP contribution in [0.15, 0.2) is 48.7 Å². The van der Waals surface area contributed by atoms with Gasteiger partial charge in [0, 0.05) is 19.2 Å². The molecule has 1 amide bonds. The fourth-order valence-corrected chi connectivity index (χ4v) is 3.85. The van der Waals surface area contributed by atoms with Crippen LogP contribution in [-0.4, -0.2) is 47.2 Å². The Morgan fingerprint density at radius 3 is 2.81 bits per heavy atom. The number of nitrogens with zero attached hydrogens (tertiary/aromatic N) is 2. The van der Waals surface area contributed by atoms with Gasteiger partial charge in [0.1, 0.15) is 5.60 Å². The Hall–Kier alpha value is -2.24. The lowest BCUT2D eigenvalue weighted by Gasteiger charge is -2.53. The van der Waals surface area contributed by atoms with Gasteiger partial charge in [-0.2, -0.15) is 0 Å². The molecule has 0 saturated carbocycles. The van der Waals surface area contributed by atoms with E-state index in [-0.39, 0.29) is 17.6 Å². The molecule has 1 spiro atoms. The number of ether oxygens (including phenoxy) is 2. The van der Waals surface area contributed by atoms with Gasteiger partial charge in [-0.25, -0.2) is 0 Å². The number of aryl methyl sites for hydroxylation is 1. The molecule has 3 heterocycles. The molecule has 1 unspecified atom stereocenters. The summed E-state index contributed by atoms with van der Waals surface area (Å²) in [6.07, 6.45) is 4.14. The summed E-state index contributed by atoms with van der Waals surface area (Å²) in [7, 11) is 0. The van der Waals surface area contributed by atoms with Crippen molar-refractivity contribution in [3.05, 3.63) is 65.5 Å². The second-order valence-corrected chi connectivity index (χ2v) is 7.69. The van der Waals surface area contributed by atoms with Gasteiger partial charge >= 0.3 is 0 Å². The Kier molecular flexibility index (Phi) is 5.23. The van der Waals surface area contributed by atoms with Gasteiger partial charge < -0.3 is 14.4 Å². The van der Waals surface area contributed by atoms with Gasteiger partial charge in [0.25, 0.3) is 0 Å². The van der Waals surface area contributed by atoms with Gasteiger partial charge in [-0.3, -0.25) is 9.78 Å². The number of benzene rings is 1. The number of aromatic nitrogens is 1. The number of carbonyl (C=O) groups excluding carboxylic acids is 1. The van der Waals surface area contributed by atoms with Crippen molar-refractivity contribution in [2.24, 2.45) is 0 Å². The highest BCUT2D eigenvalue weighted by Crippen LogP contribution is 2.35. The highest BCUT2D eigenvalue weighted by atomic mass is 16.5. The molecule has 0 bridgehead atoms. The van der Waals surface area contributed by atoms with E-state index in [0.29, 0.717) is 32.7 Å². The summed E-state index contributed by atoms with van der Waals surface area (Å²) in [5, 5.41) is 0. The lowest BCUT2D eigenvalue weighted by atomic mass is 9.84. The zero-order valence-electron chi connectivity index (χ0n) is 15.8. The van der Waals surface area contributed by atoms with Crippen molar-refractivity contribution >= 4 is 5.91 Å². The SMILES string of the molecule is Cc1ccc(CC(=O)N2CC3(CC(OCc4ccccn4)CCO3)C2)cc1. The highest BCUT2D eigenvalue weighted by Gasteiger charge is 2.49. The fraction of sp³-hybridized carbons (Fsp3) is 0.455. The van der Waals surface area contributed by atoms with Crippen LogP contribution in [0.3, 0.4) is 0 Å². The molecule has 1 aromatic heterocycles. The fourth-order valence-electron chi connectivity index (χ4n) is 3.85. The van der Waals surface area contributed by atoms with Gasteiger partial charge in [0.05, 0.1) is 37.9 Å². The summed E-state index contributed by atoms with van der Waals surface area (Å²) in [5.41, 5.74) is 2.99. The molecule has 0 radical (unpaired) electrons. The minimum Gasteiger partial charge on any atom is -0.372 e. The maximum absolute atomic E-state index is 12.5. The van der Waals surface area contributed by atoms with Gasteiger partial charge in [0.15, 0.2) is 0 Å². The van der Waals surface area contributed by atoms with Gasteiger partial charge in [0.2, 0.25) is 5.91 Å². The summed E-state index contributed by atoms with van der Waals surface area (Å²) in [4.78, 5) is 18.7. The Labute approximate surface area is 160 Å². The smallest absolute Gasteiger partial charge is 0.227 e. The van der Waals surface area contributed by atoms with Crippen molar-refractivity contribution in [3.8, 4) is 0 Å². The first kappa shape index (κ1) is 18.1. The average Bonchev–Trinajstić information content (AvgIpc) is 2.67. The summed E-state index contributed by atoms with van der Waals surface area (Å²) in [6.45, 7) is 4.60. The molecule has 27 heavy (non-hydrogen) atoms. The normalized spacial score (nSPS) is 21.1. The molecule has 2 aromatic rings. The van der Waals surface area contributed by atoms with Crippen LogP contribution in [0.5, 0.6) is 0 Å². The molecule has 2 fully saturated rings. The van der Waals surface area contributed by atoms with Crippen molar-refractivity contribution in [2.75, 3.05) is 19.7 Å². The highest BCUT2D eigenvalue weighted by molar-refractivity contribution is 5.80. The first-order chi connectivity index (χ1) is 13.1. The number of carbonyl (C=O) groups is 1. The van der Waals surface area contributed by atoms with Gasteiger partial charge in [-0.1, -0.05) is 35.9 Å². The second-order valence-electron chi connectivity index (χ2n) is 7.69. The van der Waals surface area contributed by atoms with Crippen molar-refractivity contribution < 1.29 is 14.3 Å². The van der Waals surface area contributed by atoms with Crippen LogP contribution >= 0.6 is 0 Å². The summed E-state index contributed by atoms with van der Waals surface area (Å²) in [5.74, 6) is 0.171. The van der Waals surface area contributed by atoms with Crippen LogP contribution < -0.4 is 0 Å². The Morgan fingerprint density at radius 1 is 1.26 bits per heavy atom. The summed E-state index contributed by atoms with van der Waals surface area (Å²) in [6, 6.07) is 14.0. The van der Waals surface area contributed by atoms with Gasteiger partial charge in [-0.15, -0.1) is 0 Å².